The molecule has 0 aromatic heterocycles. The summed E-state index contributed by atoms with van der Waals surface area (Å²) in [5.74, 6) is 1.16. The van der Waals surface area contributed by atoms with Crippen LogP contribution < -0.4 is 0 Å². The van der Waals surface area contributed by atoms with Gasteiger partial charge in [0, 0.05) is 0 Å². The Labute approximate surface area is 223 Å². The van der Waals surface area contributed by atoms with E-state index >= 15 is 0 Å². The fraction of sp³-hybridized carbons (Fsp3) is 0.467. The number of hydrogen-bond donors (Lipinski definition) is 0. The van der Waals surface area contributed by atoms with Gasteiger partial charge in [-0.1, -0.05) is 0 Å². The van der Waals surface area contributed by atoms with Crippen LogP contribution in [0.2, 0.25) is 9.26 Å². The number of benzene rings is 2. The first-order chi connectivity index (χ1) is 14.7. The quantitative estimate of drug-likeness (QED) is 0.310. The van der Waals surface area contributed by atoms with E-state index in [0.29, 0.717) is 19.1 Å². The van der Waals surface area contributed by atoms with E-state index in [0.717, 1.165) is 0 Å². The molecule has 34 heavy (non-hydrogen) atoms. The fourth-order valence-electron chi connectivity index (χ4n) is 6.90. The maximum atomic E-state index is 2.79. The van der Waals surface area contributed by atoms with E-state index in [-0.39, 0.29) is 24.8 Å². The molecule has 2 aliphatic rings. The van der Waals surface area contributed by atoms with Gasteiger partial charge in [-0.25, -0.2) is 0 Å². The fourth-order valence-corrected chi connectivity index (χ4v) is 26.9. The van der Waals surface area contributed by atoms with E-state index in [2.05, 4.69) is 108 Å². The first kappa shape index (κ1) is 29.8. The molecule has 0 bridgehead atoms. The Morgan fingerprint density at radius 3 is 1.21 bits per heavy atom. The third-order valence-electron chi connectivity index (χ3n) is 8.54. The van der Waals surface area contributed by atoms with Crippen LogP contribution >= 0.6 is 24.8 Å². The molecule has 2 aromatic carbocycles. The van der Waals surface area contributed by atoms with Crippen LogP contribution in [0.3, 0.4) is 0 Å². The van der Waals surface area contributed by atoms with E-state index in [1.807, 2.05) is 0 Å². The summed E-state index contributed by atoms with van der Waals surface area (Å²) < 4.78 is 6.80. The largest absolute Gasteiger partial charge is 0.147 e. The molecule has 0 nitrogen and oxygen atoms in total. The van der Waals surface area contributed by atoms with E-state index in [4.69, 9.17) is 0 Å². The van der Waals surface area contributed by atoms with Crippen molar-refractivity contribution in [3.63, 3.8) is 0 Å². The van der Waals surface area contributed by atoms with Crippen LogP contribution in [0.1, 0.15) is 79.5 Å². The van der Waals surface area contributed by atoms with Crippen molar-refractivity contribution in [2.24, 2.45) is 11.8 Å². The second-order valence-electron chi connectivity index (χ2n) is 12.5. The zero-order valence-corrected chi connectivity index (χ0v) is 28.3. The molecular weight excluding hydrogens is 551 g/mol. The van der Waals surface area contributed by atoms with Gasteiger partial charge in [-0.05, 0) is 0 Å². The molecule has 0 fully saturated rings. The molecular formula is C30H44Cl2SiZr. The van der Waals surface area contributed by atoms with Gasteiger partial charge in [-0.3, -0.25) is 0 Å². The van der Waals surface area contributed by atoms with Gasteiger partial charge < -0.3 is 0 Å². The van der Waals surface area contributed by atoms with Crippen molar-refractivity contribution in [1.82, 2.24) is 0 Å². The number of rotatable bonds is 4. The Balaban J connectivity index is 0.00000204. The molecule has 4 rings (SSSR count). The van der Waals surface area contributed by atoms with E-state index in [1.165, 1.54) is 33.4 Å². The average molecular weight is 595 g/mol. The molecule has 4 heteroatoms. The summed E-state index contributed by atoms with van der Waals surface area (Å²) in [4.78, 5) is 0. The zero-order chi connectivity index (χ0) is 23.8. The van der Waals surface area contributed by atoms with Crippen molar-refractivity contribution in [1.29, 1.82) is 0 Å². The zero-order valence-electron chi connectivity index (χ0n) is 22.8. The maximum Gasteiger partial charge on any atom is -0.147 e. The number of aryl methyl sites for hydroxylation is 4. The molecule has 0 aliphatic heterocycles. The Morgan fingerprint density at radius 1 is 0.618 bits per heavy atom. The number of halogens is 2. The van der Waals surface area contributed by atoms with Gasteiger partial charge in [0.25, 0.3) is 0 Å². The first-order valence-corrected chi connectivity index (χ1v) is 26.1. The second-order valence-corrected chi connectivity index (χ2v) is 42.9. The molecule has 2 aromatic rings. The molecule has 2 atom stereocenters. The normalized spacial score (nSPS) is 19.3. The minimum Gasteiger partial charge on any atom is -0.147 e. The topological polar surface area (TPSA) is 0 Å². The Hall–Kier alpha value is -0.400. The molecule has 0 amide bonds. The summed E-state index contributed by atoms with van der Waals surface area (Å²) in [5, 5.41) is 0. The SMILES string of the molecule is Cc1ccc(C)c2c1C=C(C(C)C)[CH]2[Zr]([CH3])([CH3])(=[SiH2])[CH]1C(C(C)C)=Cc2c(C)ccc(C)c21.Cl.Cl. The van der Waals surface area contributed by atoms with E-state index < -0.39 is 17.4 Å². The minimum absolute atomic E-state index is 0. The molecule has 2 unspecified atom stereocenters. The van der Waals surface area contributed by atoms with Gasteiger partial charge in [0.1, 0.15) is 0 Å². The van der Waals surface area contributed by atoms with Gasteiger partial charge in [0.15, 0.2) is 0 Å². The van der Waals surface area contributed by atoms with Crippen LogP contribution in [-0.2, 0) is 17.4 Å². The van der Waals surface area contributed by atoms with Crippen LogP contribution in [0.4, 0.5) is 0 Å². The summed E-state index contributed by atoms with van der Waals surface area (Å²) in [7, 11) is 0. The summed E-state index contributed by atoms with van der Waals surface area (Å²) in [6, 6.07) is 9.42. The molecule has 0 spiro atoms. The molecule has 0 radical (unpaired) electrons. The molecule has 0 saturated heterocycles. The minimum atomic E-state index is -3.49. The predicted octanol–water partition coefficient (Wildman–Crippen LogP) is 8.99. The number of hydrogen-bond acceptors (Lipinski definition) is 0. The molecule has 0 N–H and O–H groups in total. The molecule has 186 valence electrons. The Morgan fingerprint density at radius 2 is 0.912 bits per heavy atom. The Bertz CT molecular complexity index is 1170. The van der Waals surface area contributed by atoms with Crippen LogP contribution in [0, 0.1) is 39.5 Å². The van der Waals surface area contributed by atoms with Crippen molar-refractivity contribution in [3.8, 4) is 0 Å². The number of fused-ring (bicyclic) bond motifs is 2. The smallest absolute Gasteiger partial charge is 0.147 e. The molecule has 0 heterocycles. The maximum absolute atomic E-state index is 3.49. The Kier molecular flexibility index (Phi) is 8.61. The third-order valence-corrected chi connectivity index (χ3v) is 25.8. The summed E-state index contributed by atoms with van der Waals surface area (Å²) >= 11 is -3.49. The first-order valence-electron chi connectivity index (χ1n) is 12.4. The summed E-state index contributed by atoms with van der Waals surface area (Å²) in [5.41, 5.74) is 15.7. The van der Waals surface area contributed by atoms with Crippen LogP contribution in [0.5, 0.6) is 0 Å². The van der Waals surface area contributed by atoms with Crippen LogP contribution in [-0.4, -0.2) is 6.88 Å². The van der Waals surface area contributed by atoms with Crippen molar-refractivity contribution in [3.05, 3.63) is 79.9 Å². The number of allylic oxidation sites excluding steroid dienone is 2. The molecule has 0 saturated carbocycles. The van der Waals surface area contributed by atoms with Gasteiger partial charge in [-0.2, -0.15) is 0 Å². The van der Waals surface area contributed by atoms with Gasteiger partial charge in [-0.15, -0.1) is 24.8 Å². The monoisotopic (exact) mass is 592 g/mol. The van der Waals surface area contributed by atoms with Gasteiger partial charge >= 0.3 is 200 Å². The van der Waals surface area contributed by atoms with E-state index in [9.17, 15) is 0 Å². The second kappa shape index (κ2) is 9.81. The van der Waals surface area contributed by atoms with E-state index in [1.54, 1.807) is 22.3 Å². The van der Waals surface area contributed by atoms with Gasteiger partial charge in [0.2, 0.25) is 0 Å². The van der Waals surface area contributed by atoms with Gasteiger partial charge in [0.05, 0.1) is 0 Å². The van der Waals surface area contributed by atoms with Crippen LogP contribution in [0.15, 0.2) is 35.4 Å². The van der Waals surface area contributed by atoms with Crippen molar-refractivity contribution in [2.75, 3.05) is 0 Å². The van der Waals surface area contributed by atoms with Crippen molar-refractivity contribution >= 4 is 43.8 Å². The van der Waals surface area contributed by atoms with Crippen molar-refractivity contribution in [2.45, 2.75) is 71.9 Å². The summed E-state index contributed by atoms with van der Waals surface area (Å²) in [6.07, 6.45) is 5.19. The molecule has 2 aliphatic carbocycles. The standard InChI is InChI=1S/2C14H17.2CH3.2ClH.H2Si.Zr/c2*1-9(2)12-7-13-10(3)5-6-11(4)14(13)8-12;;;;;;/h2*5-9H,1-4H3;2*1H3;2*1H;1H2;. The average Bonchev–Trinajstić information content (AvgIpc) is 3.30. The third kappa shape index (κ3) is 4.44. The van der Waals surface area contributed by atoms with Crippen LogP contribution in [0.25, 0.3) is 12.2 Å². The summed E-state index contributed by atoms with van der Waals surface area (Å²) in [6.45, 7) is 21.5. The predicted molar refractivity (Wildman–Crippen MR) is 158 cm³/mol. The van der Waals surface area contributed by atoms with Crippen molar-refractivity contribution < 1.29 is 17.4 Å².